The summed E-state index contributed by atoms with van der Waals surface area (Å²) in [4.78, 5) is 40.8. The first-order chi connectivity index (χ1) is 15.3. The molecular weight excluding hydrogens is 422 g/mol. The second kappa shape index (κ2) is 10.9. The fourth-order valence-electron chi connectivity index (χ4n) is 3.75. The summed E-state index contributed by atoms with van der Waals surface area (Å²) in [5.41, 5.74) is 0.552. The quantitative estimate of drug-likeness (QED) is 0.516. The number of ether oxygens (including phenoxy) is 1. The third kappa shape index (κ3) is 7.65. The highest BCUT2D eigenvalue weighted by molar-refractivity contribution is 5.92. The highest BCUT2D eigenvalue weighted by Crippen LogP contribution is 2.36. The van der Waals surface area contributed by atoms with Gasteiger partial charge in [0.05, 0.1) is 0 Å². The van der Waals surface area contributed by atoms with Crippen molar-refractivity contribution >= 4 is 17.9 Å². The van der Waals surface area contributed by atoms with Gasteiger partial charge in [0.25, 0.3) is 0 Å². The summed E-state index contributed by atoms with van der Waals surface area (Å²) in [6, 6.07) is 3.07. The minimum Gasteiger partial charge on any atom is -0.508 e. The fourth-order valence-corrected chi connectivity index (χ4v) is 3.75. The molecule has 0 aliphatic heterocycles. The Kier molecular flexibility index (Phi) is 8.75. The van der Waals surface area contributed by atoms with Crippen LogP contribution in [0.1, 0.15) is 84.4 Å². The van der Waals surface area contributed by atoms with Crippen LogP contribution in [0.25, 0.3) is 0 Å². The van der Waals surface area contributed by atoms with E-state index in [2.05, 4.69) is 10.6 Å². The van der Waals surface area contributed by atoms with Crippen LogP contribution in [0, 0.1) is 6.92 Å². The maximum Gasteiger partial charge on any atom is 0.408 e. The molecule has 184 valence electrons. The van der Waals surface area contributed by atoms with E-state index < -0.39 is 23.8 Å². The monoisotopic (exact) mass is 461 g/mol. The zero-order chi connectivity index (χ0) is 24.9. The van der Waals surface area contributed by atoms with E-state index in [1.807, 2.05) is 13.8 Å². The number of aromatic hydroxyl groups is 1. The number of amides is 3. The lowest BCUT2D eigenvalue weighted by Crippen LogP contribution is -2.53. The highest BCUT2D eigenvalue weighted by Gasteiger charge is 2.43. The normalized spacial score (nSPS) is 16.3. The first-order valence-electron chi connectivity index (χ1n) is 11.8. The standard InChI is InChI=1S/C25H39N3O5/c1-8-9-16(3)26-22(30)21(18-10-13-20(29)15(2)14-18)28(19-11-12-19)23(31)17(4)27-24(32)33-25(5,6)7/h10,13-14,16-17,19,21,29H,8-9,11-12H2,1-7H3,(H,26,30)(H,27,32). The van der Waals surface area contributed by atoms with Crippen LogP contribution in [0.2, 0.25) is 0 Å². The molecule has 0 aromatic heterocycles. The molecule has 33 heavy (non-hydrogen) atoms. The summed E-state index contributed by atoms with van der Waals surface area (Å²) in [7, 11) is 0. The molecule has 3 unspecified atom stereocenters. The minimum absolute atomic E-state index is 0.0447. The van der Waals surface area contributed by atoms with Gasteiger partial charge in [-0.25, -0.2) is 4.79 Å². The molecule has 0 bridgehead atoms. The lowest BCUT2D eigenvalue weighted by molar-refractivity contribution is -0.143. The number of carbonyl (C=O) groups excluding carboxylic acids is 3. The van der Waals surface area contributed by atoms with Crippen LogP contribution >= 0.6 is 0 Å². The van der Waals surface area contributed by atoms with Crippen molar-refractivity contribution in [3.05, 3.63) is 29.3 Å². The molecule has 8 heteroatoms. The van der Waals surface area contributed by atoms with Crippen molar-refractivity contribution in [3.63, 3.8) is 0 Å². The second-order valence-corrected chi connectivity index (χ2v) is 9.99. The van der Waals surface area contributed by atoms with Gasteiger partial charge in [0.2, 0.25) is 11.8 Å². The van der Waals surface area contributed by atoms with Crippen LogP contribution in [-0.4, -0.2) is 51.6 Å². The van der Waals surface area contributed by atoms with E-state index in [4.69, 9.17) is 4.74 Å². The topological polar surface area (TPSA) is 108 Å². The van der Waals surface area contributed by atoms with Crippen LogP contribution in [-0.2, 0) is 14.3 Å². The van der Waals surface area contributed by atoms with E-state index in [9.17, 15) is 19.5 Å². The van der Waals surface area contributed by atoms with Gasteiger partial charge in [-0.2, -0.15) is 0 Å². The average Bonchev–Trinajstić information content (AvgIpc) is 3.51. The van der Waals surface area contributed by atoms with Gasteiger partial charge in [-0.1, -0.05) is 19.4 Å². The third-order valence-corrected chi connectivity index (χ3v) is 5.47. The SMILES string of the molecule is CCCC(C)NC(=O)C(c1ccc(O)c(C)c1)N(C(=O)C(C)NC(=O)OC(C)(C)C)C1CC1. The molecule has 3 amide bonds. The Balaban J connectivity index is 2.35. The molecule has 3 N–H and O–H groups in total. The molecule has 1 aliphatic rings. The maximum absolute atomic E-state index is 13.5. The minimum atomic E-state index is -0.873. The number of aryl methyl sites for hydroxylation is 1. The van der Waals surface area contributed by atoms with Gasteiger partial charge in [0.1, 0.15) is 23.4 Å². The molecule has 1 aliphatic carbocycles. The summed E-state index contributed by atoms with van der Waals surface area (Å²) in [5, 5.41) is 15.6. The van der Waals surface area contributed by atoms with E-state index in [1.54, 1.807) is 57.7 Å². The highest BCUT2D eigenvalue weighted by atomic mass is 16.6. The number of phenolic OH excluding ortho intramolecular Hbond substituents is 1. The predicted molar refractivity (Wildman–Crippen MR) is 127 cm³/mol. The molecule has 0 spiro atoms. The first kappa shape index (κ1) is 26.5. The van der Waals surface area contributed by atoms with Crippen molar-refractivity contribution in [1.29, 1.82) is 0 Å². The van der Waals surface area contributed by atoms with E-state index in [0.29, 0.717) is 11.1 Å². The molecule has 0 radical (unpaired) electrons. The smallest absolute Gasteiger partial charge is 0.408 e. The van der Waals surface area contributed by atoms with E-state index in [-0.39, 0.29) is 29.6 Å². The number of hydrogen-bond acceptors (Lipinski definition) is 5. The van der Waals surface area contributed by atoms with Crippen LogP contribution in [0.3, 0.4) is 0 Å². The second-order valence-electron chi connectivity index (χ2n) is 9.99. The lowest BCUT2D eigenvalue weighted by atomic mass is 9.99. The van der Waals surface area contributed by atoms with Crippen LogP contribution in [0.4, 0.5) is 4.79 Å². The van der Waals surface area contributed by atoms with E-state index >= 15 is 0 Å². The van der Waals surface area contributed by atoms with Gasteiger partial charge in [-0.05, 0) is 84.1 Å². The molecule has 1 saturated carbocycles. The number of phenols is 1. The summed E-state index contributed by atoms with van der Waals surface area (Å²) in [6.07, 6.45) is 2.64. The van der Waals surface area contributed by atoms with Gasteiger partial charge in [0.15, 0.2) is 0 Å². The van der Waals surface area contributed by atoms with E-state index in [0.717, 1.165) is 25.7 Å². The van der Waals surface area contributed by atoms with Gasteiger partial charge in [-0.15, -0.1) is 0 Å². The van der Waals surface area contributed by atoms with Gasteiger partial charge >= 0.3 is 6.09 Å². The van der Waals surface area contributed by atoms with Crippen molar-refractivity contribution in [2.75, 3.05) is 0 Å². The zero-order valence-electron chi connectivity index (χ0n) is 20.9. The number of nitrogens with zero attached hydrogens (tertiary/aromatic N) is 1. The van der Waals surface area contributed by atoms with Crippen molar-refractivity contribution in [3.8, 4) is 5.75 Å². The van der Waals surface area contributed by atoms with Gasteiger partial charge < -0.3 is 25.4 Å². The summed E-state index contributed by atoms with van der Waals surface area (Å²) >= 11 is 0. The number of benzene rings is 1. The molecule has 2 rings (SSSR count). The Labute approximate surface area is 197 Å². The van der Waals surface area contributed by atoms with Gasteiger partial charge in [-0.3, -0.25) is 9.59 Å². The van der Waals surface area contributed by atoms with Crippen molar-refractivity contribution < 1.29 is 24.2 Å². The largest absolute Gasteiger partial charge is 0.508 e. The Morgan fingerprint density at radius 1 is 1.18 bits per heavy atom. The molecule has 8 nitrogen and oxygen atoms in total. The summed E-state index contributed by atoms with van der Waals surface area (Å²) < 4.78 is 5.29. The third-order valence-electron chi connectivity index (χ3n) is 5.47. The first-order valence-corrected chi connectivity index (χ1v) is 11.8. The van der Waals surface area contributed by atoms with E-state index in [1.165, 1.54) is 0 Å². The summed E-state index contributed by atoms with van der Waals surface area (Å²) in [6.45, 7) is 12.6. The predicted octanol–water partition coefficient (Wildman–Crippen LogP) is 3.95. The molecule has 0 saturated heterocycles. The number of alkyl carbamates (subject to hydrolysis) is 1. The number of rotatable bonds is 9. The number of hydrogen-bond donors (Lipinski definition) is 3. The van der Waals surface area contributed by atoms with Crippen molar-refractivity contribution in [2.45, 2.75) is 104 Å². The Bertz CT molecular complexity index is 860. The molecule has 0 heterocycles. The number of nitrogens with one attached hydrogen (secondary N) is 2. The zero-order valence-corrected chi connectivity index (χ0v) is 20.9. The molecular formula is C25H39N3O5. The maximum atomic E-state index is 13.5. The van der Waals surface area contributed by atoms with Crippen LogP contribution in [0.15, 0.2) is 18.2 Å². The fraction of sp³-hybridized carbons (Fsp3) is 0.640. The molecule has 1 fully saturated rings. The molecule has 1 aromatic carbocycles. The molecule has 3 atom stereocenters. The van der Waals surface area contributed by atoms with Crippen molar-refractivity contribution in [1.82, 2.24) is 15.5 Å². The Hall–Kier alpha value is -2.77. The summed E-state index contributed by atoms with van der Waals surface area (Å²) in [5.74, 6) is -0.496. The number of carbonyl (C=O) groups is 3. The van der Waals surface area contributed by atoms with Crippen molar-refractivity contribution in [2.24, 2.45) is 0 Å². The molecule has 1 aromatic rings. The van der Waals surface area contributed by atoms with Gasteiger partial charge in [0, 0.05) is 12.1 Å². The Morgan fingerprint density at radius 3 is 2.33 bits per heavy atom. The Morgan fingerprint density at radius 2 is 1.82 bits per heavy atom. The average molecular weight is 462 g/mol. The lowest BCUT2D eigenvalue weighted by Gasteiger charge is -2.34. The van der Waals surface area contributed by atoms with Crippen LogP contribution in [0.5, 0.6) is 5.75 Å². The van der Waals surface area contributed by atoms with Crippen LogP contribution < -0.4 is 10.6 Å².